The normalized spacial score (nSPS) is 11.5. The van der Waals surface area contributed by atoms with E-state index in [4.69, 9.17) is 5.73 Å². The molecule has 0 spiro atoms. The van der Waals surface area contributed by atoms with Gasteiger partial charge in [-0.1, -0.05) is 6.07 Å². The molecule has 8 heteroatoms. The van der Waals surface area contributed by atoms with Crippen molar-refractivity contribution in [1.29, 1.82) is 0 Å². The highest BCUT2D eigenvalue weighted by molar-refractivity contribution is 7.92. The Kier molecular flexibility index (Phi) is 3.19. The van der Waals surface area contributed by atoms with Crippen LogP contribution in [-0.2, 0) is 17.1 Å². The summed E-state index contributed by atoms with van der Waals surface area (Å²) in [5.41, 5.74) is 6.30. The first-order valence-electron chi connectivity index (χ1n) is 5.37. The lowest BCUT2D eigenvalue weighted by Crippen LogP contribution is -2.14. The second-order valence-corrected chi connectivity index (χ2v) is 5.77. The quantitative estimate of drug-likeness (QED) is 0.887. The van der Waals surface area contributed by atoms with Gasteiger partial charge in [-0.25, -0.2) is 12.8 Å². The topological polar surface area (TPSA) is 90.0 Å². The molecule has 1 aromatic heterocycles. The fourth-order valence-electron chi connectivity index (χ4n) is 1.59. The van der Waals surface area contributed by atoms with Crippen LogP contribution in [0.5, 0.6) is 0 Å². The van der Waals surface area contributed by atoms with Gasteiger partial charge in [0.05, 0.1) is 5.69 Å². The molecule has 102 valence electrons. The van der Waals surface area contributed by atoms with Crippen LogP contribution >= 0.6 is 0 Å². The van der Waals surface area contributed by atoms with Crippen LogP contribution in [0.2, 0.25) is 0 Å². The van der Waals surface area contributed by atoms with Crippen LogP contribution in [-0.4, -0.2) is 18.2 Å². The fraction of sp³-hybridized carbons (Fsp3) is 0.182. The molecule has 0 aliphatic heterocycles. The van der Waals surface area contributed by atoms with Crippen LogP contribution in [0.1, 0.15) is 5.56 Å². The molecule has 1 heterocycles. The largest absolute Gasteiger partial charge is 0.381 e. The van der Waals surface area contributed by atoms with Gasteiger partial charge in [0, 0.05) is 13.2 Å². The zero-order chi connectivity index (χ0) is 14.2. The van der Waals surface area contributed by atoms with Gasteiger partial charge < -0.3 is 5.73 Å². The van der Waals surface area contributed by atoms with Crippen molar-refractivity contribution in [3.05, 3.63) is 35.8 Å². The first kappa shape index (κ1) is 13.3. The Bertz CT molecular complexity index is 724. The Balaban J connectivity index is 2.42. The average molecular weight is 284 g/mol. The van der Waals surface area contributed by atoms with E-state index in [1.165, 1.54) is 23.0 Å². The van der Waals surface area contributed by atoms with Crippen LogP contribution in [0.4, 0.5) is 15.9 Å². The smallest absolute Gasteiger partial charge is 0.267 e. The zero-order valence-corrected chi connectivity index (χ0v) is 11.2. The summed E-state index contributed by atoms with van der Waals surface area (Å²) in [6.45, 7) is 1.67. The lowest BCUT2D eigenvalue weighted by molar-refractivity contribution is 0.601. The second kappa shape index (κ2) is 4.54. The summed E-state index contributed by atoms with van der Waals surface area (Å²) in [5, 5.41) is 3.76. The molecule has 2 aromatic rings. The molecule has 1 aromatic carbocycles. The SMILES string of the molecule is Cc1ccc(F)cc1NS(=O)(=O)c1cn(C)nc1N. The van der Waals surface area contributed by atoms with Crippen molar-refractivity contribution < 1.29 is 12.8 Å². The van der Waals surface area contributed by atoms with E-state index in [-0.39, 0.29) is 16.4 Å². The van der Waals surface area contributed by atoms with Gasteiger partial charge in [0.1, 0.15) is 10.7 Å². The molecule has 0 bridgehead atoms. The van der Waals surface area contributed by atoms with Crippen molar-refractivity contribution >= 4 is 21.5 Å². The Hall–Kier alpha value is -2.09. The number of nitrogens with two attached hydrogens (primary N) is 1. The van der Waals surface area contributed by atoms with E-state index >= 15 is 0 Å². The number of benzene rings is 1. The maximum atomic E-state index is 13.1. The lowest BCUT2D eigenvalue weighted by atomic mass is 10.2. The third-order valence-electron chi connectivity index (χ3n) is 2.56. The number of nitrogen functional groups attached to an aromatic ring is 1. The number of sulfonamides is 1. The summed E-state index contributed by atoms with van der Waals surface area (Å²) in [7, 11) is -2.33. The van der Waals surface area contributed by atoms with Crippen LogP contribution in [0.15, 0.2) is 29.3 Å². The minimum atomic E-state index is -3.89. The van der Waals surface area contributed by atoms with Gasteiger partial charge >= 0.3 is 0 Å². The van der Waals surface area contributed by atoms with Gasteiger partial charge in [-0.2, -0.15) is 5.10 Å². The number of halogens is 1. The highest BCUT2D eigenvalue weighted by Gasteiger charge is 2.21. The van der Waals surface area contributed by atoms with Crippen molar-refractivity contribution in [2.45, 2.75) is 11.8 Å². The number of hydrogen-bond acceptors (Lipinski definition) is 4. The molecule has 19 heavy (non-hydrogen) atoms. The molecular weight excluding hydrogens is 271 g/mol. The Labute approximate surface area is 110 Å². The summed E-state index contributed by atoms with van der Waals surface area (Å²) < 4.78 is 41.0. The molecule has 0 amide bonds. The van der Waals surface area contributed by atoms with Gasteiger partial charge in [-0.3, -0.25) is 9.40 Å². The number of rotatable bonds is 3. The van der Waals surface area contributed by atoms with Crippen molar-refractivity contribution in [2.24, 2.45) is 7.05 Å². The summed E-state index contributed by atoms with van der Waals surface area (Å²) in [6.07, 6.45) is 1.28. The molecule has 0 saturated heterocycles. The highest BCUT2D eigenvalue weighted by Crippen LogP contribution is 2.23. The third-order valence-corrected chi connectivity index (χ3v) is 3.94. The number of nitrogens with one attached hydrogen (secondary N) is 1. The van der Waals surface area contributed by atoms with Crippen LogP contribution in [0.25, 0.3) is 0 Å². The van der Waals surface area contributed by atoms with E-state index in [9.17, 15) is 12.8 Å². The number of hydrogen-bond donors (Lipinski definition) is 2. The van der Waals surface area contributed by atoms with E-state index in [0.29, 0.717) is 5.56 Å². The first-order valence-corrected chi connectivity index (χ1v) is 6.86. The Morgan fingerprint density at radius 1 is 1.42 bits per heavy atom. The summed E-state index contributed by atoms with van der Waals surface area (Å²) in [6, 6.07) is 3.85. The molecule has 0 saturated carbocycles. The Morgan fingerprint density at radius 3 is 2.68 bits per heavy atom. The highest BCUT2D eigenvalue weighted by atomic mass is 32.2. The molecule has 6 nitrogen and oxygen atoms in total. The van der Waals surface area contributed by atoms with Gasteiger partial charge in [0.25, 0.3) is 10.0 Å². The third kappa shape index (κ3) is 2.68. The van der Waals surface area contributed by atoms with Crippen molar-refractivity contribution in [1.82, 2.24) is 9.78 Å². The van der Waals surface area contributed by atoms with Crippen molar-refractivity contribution in [3.63, 3.8) is 0 Å². The standard InChI is InChI=1S/C11H13FN4O2S/c1-7-3-4-8(12)5-9(7)15-19(17,18)10-6-16(2)14-11(10)13/h3-6,15H,1-2H3,(H2,13,14). The number of anilines is 2. The molecule has 0 radical (unpaired) electrons. The number of nitrogens with zero attached hydrogens (tertiary/aromatic N) is 2. The molecule has 3 N–H and O–H groups in total. The van der Waals surface area contributed by atoms with Crippen molar-refractivity contribution in [3.8, 4) is 0 Å². The molecule has 0 aliphatic rings. The van der Waals surface area contributed by atoms with Gasteiger partial charge in [-0.05, 0) is 24.6 Å². The van der Waals surface area contributed by atoms with Gasteiger partial charge in [0.15, 0.2) is 5.82 Å². The monoisotopic (exact) mass is 284 g/mol. The molecule has 0 aliphatic carbocycles. The predicted molar refractivity (Wildman–Crippen MR) is 69.6 cm³/mol. The summed E-state index contributed by atoms with van der Waals surface area (Å²) in [5.74, 6) is -0.633. The lowest BCUT2D eigenvalue weighted by Gasteiger charge is -2.09. The maximum Gasteiger partial charge on any atom is 0.267 e. The van der Waals surface area contributed by atoms with Crippen LogP contribution in [0.3, 0.4) is 0 Å². The zero-order valence-electron chi connectivity index (χ0n) is 10.4. The summed E-state index contributed by atoms with van der Waals surface area (Å²) >= 11 is 0. The van der Waals surface area contributed by atoms with E-state index in [2.05, 4.69) is 9.82 Å². The predicted octanol–water partition coefficient (Wildman–Crippen LogP) is 1.25. The van der Waals surface area contributed by atoms with Crippen molar-refractivity contribution in [2.75, 3.05) is 10.5 Å². The minimum absolute atomic E-state index is 0.107. The molecule has 0 atom stereocenters. The fourth-order valence-corrected chi connectivity index (χ4v) is 2.82. The molecule has 0 unspecified atom stereocenters. The van der Waals surface area contributed by atoms with Gasteiger partial charge in [-0.15, -0.1) is 0 Å². The van der Waals surface area contributed by atoms with Crippen LogP contribution in [0, 0.1) is 12.7 Å². The van der Waals surface area contributed by atoms with E-state index < -0.39 is 15.8 Å². The molecule has 0 fully saturated rings. The van der Waals surface area contributed by atoms with E-state index in [1.807, 2.05) is 0 Å². The van der Waals surface area contributed by atoms with E-state index in [1.54, 1.807) is 14.0 Å². The first-order chi connectivity index (χ1) is 8.79. The molecular formula is C11H13FN4O2S. The summed E-state index contributed by atoms with van der Waals surface area (Å²) in [4.78, 5) is -0.140. The van der Waals surface area contributed by atoms with Crippen LogP contribution < -0.4 is 10.5 Å². The number of aromatic nitrogens is 2. The number of aryl methyl sites for hydroxylation is 2. The molecule has 2 rings (SSSR count). The minimum Gasteiger partial charge on any atom is -0.381 e. The van der Waals surface area contributed by atoms with Gasteiger partial charge in [0.2, 0.25) is 0 Å². The second-order valence-electron chi connectivity index (χ2n) is 4.12. The van der Waals surface area contributed by atoms with E-state index in [0.717, 1.165) is 6.07 Å². The Morgan fingerprint density at radius 2 is 2.11 bits per heavy atom. The average Bonchev–Trinajstić information content (AvgIpc) is 2.63. The maximum absolute atomic E-state index is 13.1.